The van der Waals surface area contributed by atoms with E-state index < -0.39 is 0 Å². The number of carbonyl (C=O) groups is 1. The fraction of sp³-hybridized carbons (Fsp3) is 0.444. The lowest BCUT2D eigenvalue weighted by atomic mass is 10.0. The van der Waals surface area contributed by atoms with Crippen molar-refractivity contribution in [2.45, 2.75) is 32.2 Å². The van der Waals surface area contributed by atoms with Gasteiger partial charge in [0.15, 0.2) is 0 Å². The number of carbonyl (C=O) groups excluding carboxylic acids is 1. The van der Waals surface area contributed by atoms with Gasteiger partial charge in [-0.25, -0.2) is 4.98 Å². The van der Waals surface area contributed by atoms with Crippen molar-refractivity contribution in [3.8, 4) is 5.75 Å². The van der Waals surface area contributed by atoms with Crippen LogP contribution in [0.3, 0.4) is 0 Å². The first kappa shape index (κ1) is 16.9. The Hall–Kier alpha value is -1.92. The highest BCUT2D eigenvalue weighted by Crippen LogP contribution is 2.26. The van der Waals surface area contributed by atoms with Crippen LogP contribution in [-0.2, 0) is 6.54 Å². The van der Waals surface area contributed by atoms with E-state index in [0.717, 1.165) is 35.8 Å². The molecule has 1 aromatic carbocycles. The quantitative estimate of drug-likeness (QED) is 0.845. The Balaban J connectivity index is 1.60. The van der Waals surface area contributed by atoms with Gasteiger partial charge in [-0.05, 0) is 32.4 Å². The van der Waals surface area contributed by atoms with Crippen LogP contribution >= 0.6 is 11.3 Å². The topological polar surface area (TPSA) is 63.2 Å². The molecule has 1 aromatic heterocycles. The highest BCUT2D eigenvalue weighted by atomic mass is 32.1. The number of thiazole rings is 1. The molecule has 2 aromatic rings. The van der Waals surface area contributed by atoms with Crippen molar-refractivity contribution < 1.29 is 9.53 Å². The normalized spacial score (nSPS) is 17.5. The molecule has 2 N–H and O–H groups in total. The Morgan fingerprint density at radius 2 is 2.33 bits per heavy atom. The summed E-state index contributed by atoms with van der Waals surface area (Å²) in [5.74, 6) is 1.11. The molecule has 2 heterocycles. The zero-order valence-corrected chi connectivity index (χ0v) is 14.7. The second-order valence-electron chi connectivity index (χ2n) is 5.84. The van der Waals surface area contributed by atoms with Gasteiger partial charge in [0.25, 0.3) is 5.91 Å². The fourth-order valence-corrected chi connectivity index (χ4v) is 3.79. The van der Waals surface area contributed by atoms with Gasteiger partial charge in [-0.3, -0.25) is 4.79 Å². The minimum absolute atomic E-state index is 0.132. The van der Waals surface area contributed by atoms with Crippen molar-refractivity contribution in [1.29, 1.82) is 0 Å². The third kappa shape index (κ3) is 4.13. The minimum Gasteiger partial charge on any atom is -0.494 e. The number of para-hydroxylation sites is 1. The molecule has 1 fully saturated rings. The molecule has 128 valence electrons. The average Bonchev–Trinajstić information content (AvgIpc) is 3.12. The summed E-state index contributed by atoms with van der Waals surface area (Å²) in [6.07, 6.45) is 2.31. The van der Waals surface area contributed by atoms with Gasteiger partial charge in [0.1, 0.15) is 11.4 Å². The van der Waals surface area contributed by atoms with Crippen LogP contribution in [0.25, 0.3) is 0 Å². The molecule has 3 rings (SSSR count). The van der Waals surface area contributed by atoms with Crippen LogP contribution in [0.1, 0.15) is 46.7 Å². The van der Waals surface area contributed by atoms with E-state index in [9.17, 15) is 4.79 Å². The molecule has 0 radical (unpaired) electrons. The third-order valence-corrected chi connectivity index (χ3v) is 5.12. The van der Waals surface area contributed by atoms with Crippen LogP contribution in [0, 0.1) is 0 Å². The number of rotatable bonds is 6. The van der Waals surface area contributed by atoms with Crippen molar-refractivity contribution in [1.82, 2.24) is 15.6 Å². The van der Waals surface area contributed by atoms with Crippen molar-refractivity contribution in [3.05, 3.63) is 45.9 Å². The molecule has 1 saturated heterocycles. The summed E-state index contributed by atoms with van der Waals surface area (Å²) in [7, 11) is 0. The number of piperidine rings is 1. The van der Waals surface area contributed by atoms with Crippen molar-refractivity contribution in [2.75, 3.05) is 19.7 Å². The van der Waals surface area contributed by atoms with Gasteiger partial charge in [-0.15, -0.1) is 11.3 Å². The van der Waals surface area contributed by atoms with E-state index in [2.05, 4.69) is 15.6 Å². The van der Waals surface area contributed by atoms with Gasteiger partial charge in [-0.1, -0.05) is 18.2 Å². The van der Waals surface area contributed by atoms with E-state index in [-0.39, 0.29) is 5.91 Å². The summed E-state index contributed by atoms with van der Waals surface area (Å²) in [5, 5.41) is 9.24. The monoisotopic (exact) mass is 345 g/mol. The molecule has 5 nitrogen and oxygen atoms in total. The lowest BCUT2D eigenvalue weighted by molar-refractivity contribution is 0.0946. The third-order valence-electron chi connectivity index (χ3n) is 4.11. The number of ether oxygens (including phenoxy) is 1. The maximum absolute atomic E-state index is 12.4. The molecule has 24 heavy (non-hydrogen) atoms. The number of hydrogen-bond acceptors (Lipinski definition) is 5. The first-order valence-corrected chi connectivity index (χ1v) is 9.31. The number of nitrogens with one attached hydrogen (secondary N) is 2. The molecule has 6 heteroatoms. The molecular formula is C18H23N3O2S. The summed E-state index contributed by atoms with van der Waals surface area (Å²) in [4.78, 5) is 16.9. The zero-order valence-electron chi connectivity index (χ0n) is 13.9. The predicted molar refractivity (Wildman–Crippen MR) is 95.7 cm³/mol. The first-order chi connectivity index (χ1) is 11.8. The van der Waals surface area contributed by atoms with Crippen LogP contribution < -0.4 is 15.4 Å². The van der Waals surface area contributed by atoms with E-state index in [4.69, 9.17) is 4.74 Å². The van der Waals surface area contributed by atoms with Crippen molar-refractivity contribution in [3.63, 3.8) is 0 Å². The highest BCUT2D eigenvalue weighted by Gasteiger charge is 2.20. The molecule has 1 unspecified atom stereocenters. The molecule has 1 amide bonds. The summed E-state index contributed by atoms with van der Waals surface area (Å²) in [6.45, 7) is 5.03. The summed E-state index contributed by atoms with van der Waals surface area (Å²) >= 11 is 1.58. The maximum Gasteiger partial charge on any atom is 0.271 e. The Kier molecular flexibility index (Phi) is 5.82. The van der Waals surface area contributed by atoms with Gasteiger partial charge in [-0.2, -0.15) is 0 Å². The predicted octanol–water partition coefficient (Wildman–Crippen LogP) is 2.94. The van der Waals surface area contributed by atoms with Crippen LogP contribution in [0.5, 0.6) is 5.75 Å². The lowest BCUT2D eigenvalue weighted by Crippen LogP contribution is -2.28. The molecule has 0 saturated carbocycles. The van der Waals surface area contributed by atoms with Crippen LogP contribution in [0.4, 0.5) is 0 Å². The molecule has 0 spiro atoms. The first-order valence-electron chi connectivity index (χ1n) is 8.43. The van der Waals surface area contributed by atoms with Gasteiger partial charge in [0.2, 0.25) is 0 Å². The summed E-state index contributed by atoms with van der Waals surface area (Å²) in [5.41, 5.74) is 1.48. The highest BCUT2D eigenvalue weighted by molar-refractivity contribution is 7.09. The van der Waals surface area contributed by atoms with Crippen LogP contribution in [0.15, 0.2) is 29.6 Å². The second-order valence-corrected chi connectivity index (χ2v) is 6.73. The SMILES string of the molecule is CCOc1ccccc1CNC(=O)c1csc(C2CCCNC2)n1. The Bertz CT molecular complexity index is 680. The van der Waals surface area contributed by atoms with E-state index >= 15 is 0 Å². The standard InChI is InChI=1S/C18H23N3O2S/c1-2-23-16-8-4-3-6-13(16)11-20-17(22)15-12-24-18(21-15)14-7-5-9-19-10-14/h3-4,6,8,12,14,19H,2,5,7,9-11H2,1H3,(H,20,22). The minimum atomic E-state index is -0.132. The van der Waals surface area contributed by atoms with E-state index in [1.54, 1.807) is 11.3 Å². The number of nitrogens with zero attached hydrogens (tertiary/aromatic N) is 1. The lowest BCUT2D eigenvalue weighted by Gasteiger charge is -2.20. The smallest absolute Gasteiger partial charge is 0.271 e. The fourth-order valence-electron chi connectivity index (χ4n) is 2.85. The number of hydrogen-bond donors (Lipinski definition) is 2. The van der Waals surface area contributed by atoms with Crippen molar-refractivity contribution in [2.24, 2.45) is 0 Å². The largest absolute Gasteiger partial charge is 0.494 e. The van der Waals surface area contributed by atoms with Gasteiger partial charge < -0.3 is 15.4 Å². The summed E-state index contributed by atoms with van der Waals surface area (Å²) < 4.78 is 5.59. The number of benzene rings is 1. The Labute approximate surface area is 146 Å². The molecule has 1 aliphatic rings. The van der Waals surface area contributed by atoms with Crippen LogP contribution in [-0.4, -0.2) is 30.6 Å². The molecule has 1 atom stereocenters. The number of amides is 1. The maximum atomic E-state index is 12.4. The Morgan fingerprint density at radius 3 is 3.12 bits per heavy atom. The molecule has 1 aliphatic heterocycles. The Morgan fingerprint density at radius 1 is 1.46 bits per heavy atom. The van der Waals surface area contributed by atoms with E-state index in [1.807, 2.05) is 36.6 Å². The second kappa shape index (κ2) is 8.26. The number of aromatic nitrogens is 1. The van der Waals surface area contributed by atoms with Gasteiger partial charge >= 0.3 is 0 Å². The van der Waals surface area contributed by atoms with E-state index in [0.29, 0.717) is 24.8 Å². The average molecular weight is 345 g/mol. The van der Waals surface area contributed by atoms with Gasteiger partial charge in [0, 0.05) is 30.0 Å². The van der Waals surface area contributed by atoms with Crippen LogP contribution in [0.2, 0.25) is 0 Å². The molecular weight excluding hydrogens is 322 g/mol. The molecule has 0 bridgehead atoms. The van der Waals surface area contributed by atoms with Gasteiger partial charge in [0.05, 0.1) is 11.6 Å². The zero-order chi connectivity index (χ0) is 16.8. The van der Waals surface area contributed by atoms with Crippen molar-refractivity contribution >= 4 is 17.2 Å². The summed E-state index contributed by atoms with van der Waals surface area (Å²) in [6, 6.07) is 7.76. The molecule has 0 aliphatic carbocycles. The van der Waals surface area contributed by atoms with E-state index in [1.165, 1.54) is 6.42 Å².